The number of allylic oxidation sites excluding steroid dienone is 1. The van der Waals surface area contributed by atoms with Crippen LogP contribution >= 0.6 is 7.60 Å². The summed E-state index contributed by atoms with van der Waals surface area (Å²) in [7, 11) is -2.55. The number of cyclic esters (lactones) is 1. The summed E-state index contributed by atoms with van der Waals surface area (Å²) in [5, 5.41) is 0.392. The van der Waals surface area contributed by atoms with Crippen molar-refractivity contribution >= 4 is 36.0 Å². The molecule has 2 aromatic rings. The van der Waals surface area contributed by atoms with Gasteiger partial charge in [0.2, 0.25) is 11.8 Å². The summed E-state index contributed by atoms with van der Waals surface area (Å²) < 4.78 is 36.5. The number of ether oxygens (including phenoxy) is 3. The number of carbonyl (C=O) groups is 3. The summed E-state index contributed by atoms with van der Waals surface area (Å²) >= 11 is 0. The number of hydrogen-bond donors (Lipinski definition) is 1. The molecular formula is C36H49N2O9P. The molecule has 11 nitrogen and oxygen atoms in total. The SMILES string of the molecule is C=CC1CC1(CC(=O)[C@@H]1C[C@@H]2CN1C(=O)[C@H](C(C)(C)C)CC(=O)OCCCCCc1cc3c(nccc3cc1OC)O2)P(=O)(O)OCC. The molecule has 3 unspecified atom stereocenters. The lowest BCUT2D eigenvalue weighted by molar-refractivity contribution is -0.153. The molecule has 4 bridgehead atoms. The van der Waals surface area contributed by atoms with Gasteiger partial charge < -0.3 is 28.5 Å². The maximum Gasteiger partial charge on any atom is 0.335 e. The van der Waals surface area contributed by atoms with Crippen LogP contribution in [0.3, 0.4) is 0 Å². The molecule has 5 rings (SSSR count). The quantitative estimate of drug-likeness (QED) is 0.199. The van der Waals surface area contributed by atoms with Gasteiger partial charge in [0.15, 0.2) is 5.78 Å². The summed E-state index contributed by atoms with van der Waals surface area (Å²) in [6, 6.07) is 4.92. The van der Waals surface area contributed by atoms with Crippen molar-refractivity contribution in [3.63, 3.8) is 0 Å². The van der Waals surface area contributed by atoms with Gasteiger partial charge in [-0.05, 0) is 79.5 Å². The maximum atomic E-state index is 14.4. The minimum atomic E-state index is -4.19. The molecule has 1 amide bonds. The van der Waals surface area contributed by atoms with E-state index in [1.54, 1.807) is 26.3 Å². The van der Waals surface area contributed by atoms with Gasteiger partial charge in [-0.15, -0.1) is 6.58 Å². The minimum Gasteiger partial charge on any atom is -0.496 e. The van der Waals surface area contributed by atoms with E-state index < -0.39 is 42.2 Å². The Morgan fingerprint density at radius 3 is 2.69 bits per heavy atom. The molecule has 48 heavy (non-hydrogen) atoms. The van der Waals surface area contributed by atoms with Crippen molar-refractivity contribution in [3.05, 3.63) is 42.6 Å². The van der Waals surface area contributed by atoms with Crippen LogP contribution in [0.5, 0.6) is 11.6 Å². The fourth-order valence-corrected chi connectivity index (χ4v) is 9.15. The van der Waals surface area contributed by atoms with Gasteiger partial charge in [-0.1, -0.05) is 26.8 Å². The van der Waals surface area contributed by atoms with Crippen LogP contribution < -0.4 is 9.47 Å². The highest BCUT2D eigenvalue weighted by Gasteiger charge is 2.66. The monoisotopic (exact) mass is 684 g/mol. The van der Waals surface area contributed by atoms with E-state index in [0.29, 0.717) is 18.7 Å². The number of aromatic nitrogens is 1. The van der Waals surface area contributed by atoms with Crippen molar-refractivity contribution in [2.24, 2.45) is 17.3 Å². The predicted molar refractivity (Wildman–Crippen MR) is 181 cm³/mol. The number of methoxy groups -OCH3 is 1. The molecule has 3 heterocycles. The van der Waals surface area contributed by atoms with Crippen molar-refractivity contribution in [1.29, 1.82) is 0 Å². The van der Waals surface area contributed by atoms with Crippen LogP contribution in [0.15, 0.2) is 37.1 Å². The number of amides is 1. The molecule has 2 fully saturated rings. The van der Waals surface area contributed by atoms with Gasteiger partial charge in [-0.3, -0.25) is 18.9 Å². The summed E-state index contributed by atoms with van der Waals surface area (Å²) in [6.45, 7) is 11.5. The van der Waals surface area contributed by atoms with Gasteiger partial charge in [-0.2, -0.15) is 0 Å². The first kappa shape index (κ1) is 36.0. The van der Waals surface area contributed by atoms with Crippen molar-refractivity contribution in [2.75, 3.05) is 26.9 Å². The number of nitrogens with zero attached hydrogens (tertiary/aromatic N) is 2. The Kier molecular flexibility index (Phi) is 10.7. The molecule has 1 saturated heterocycles. The number of aryl methyl sites for hydroxylation is 1. The van der Waals surface area contributed by atoms with E-state index in [1.165, 1.54) is 4.90 Å². The standard InChI is InChI=1S/C36H49N2O9P/c1-7-25-20-36(25,48(42,43)46-8-2)21-30(39)29-18-26-22-38(29)34(41)28(35(3,4)5)19-32(40)45-15-11-9-10-12-24-16-27-23(17-31(24)44-6)13-14-37-33(27)47-26/h7,13-14,16-17,25-26,28-29H,1,8-12,15,18-22H2,2-6H3,(H,42,43)/t25?,26-,28-,29+,36?/m1/s1. The van der Waals surface area contributed by atoms with Crippen molar-refractivity contribution in [3.8, 4) is 11.6 Å². The van der Waals surface area contributed by atoms with Crippen LogP contribution in [0.25, 0.3) is 10.8 Å². The zero-order valence-corrected chi connectivity index (χ0v) is 29.6. The number of hydrogen-bond acceptors (Lipinski definition) is 9. The molecule has 1 aromatic heterocycles. The number of fused-ring (bicyclic) bond motifs is 3. The second-order valence-corrected chi connectivity index (χ2v) is 16.6. The smallest absolute Gasteiger partial charge is 0.335 e. The Labute approximate surface area is 282 Å². The lowest BCUT2D eigenvalue weighted by Gasteiger charge is -2.35. The van der Waals surface area contributed by atoms with Gasteiger partial charge in [-0.25, -0.2) is 4.98 Å². The molecule has 0 spiro atoms. The molecule has 0 radical (unpaired) electrons. The molecule has 6 atom stereocenters. The Balaban J connectivity index is 1.53. The largest absolute Gasteiger partial charge is 0.496 e. The first-order valence-electron chi connectivity index (χ1n) is 17.0. The van der Waals surface area contributed by atoms with E-state index >= 15 is 0 Å². The summed E-state index contributed by atoms with van der Waals surface area (Å²) in [4.78, 5) is 58.7. The van der Waals surface area contributed by atoms with Crippen molar-refractivity contribution < 1.29 is 42.6 Å². The Morgan fingerprint density at radius 1 is 1.25 bits per heavy atom. The van der Waals surface area contributed by atoms with Gasteiger partial charge in [0.25, 0.3) is 0 Å². The van der Waals surface area contributed by atoms with Crippen LogP contribution in [-0.2, 0) is 34.6 Å². The van der Waals surface area contributed by atoms with Crippen LogP contribution in [0.1, 0.15) is 78.2 Å². The Hall–Kier alpha value is -3.27. The molecule has 12 heteroatoms. The first-order chi connectivity index (χ1) is 22.7. The van der Waals surface area contributed by atoms with Gasteiger partial charge in [0.05, 0.1) is 50.4 Å². The van der Waals surface area contributed by atoms with E-state index in [-0.39, 0.29) is 56.6 Å². The highest BCUT2D eigenvalue weighted by Crippen LogP contribution is 2.73. The number of rotatable bonds is 8. The van der Waals surface area contributed by atoms with E-state index in [9.17, 15) is 23.8 Å². The maximum absolute atomic E-state index is 14.4. The zero-order valence-electron chi connectivity index (χ0n) is 28.7. The lowest BCUT2D eigenvalue weighted by Crippen LogP contribution is -2.48. The van der Waals surface area contributed by atoms with Crippen LogP contribution in [0.2, 0.25) is 0 Å². The topological polar surface area (TPSA) is 142 Å². The number of pyridine rings is 1. The van der Waals surface area contributed by atoms with Crippen molar-refractivity contribution in [2.45, 2.75) is 96.4 Å². The second-order valence-electron chi connectivity index (χ2n) is 14.4. The van der Waals surface area contributed by atoms with Crippen molar-refractivity contribution in [1.82, 2.24) is 9.88 Å². The normalized spacial score (nSPS) is 28.2. The molecule has 1 N–H and O–H groups in total. The predicted octanol–water partition coefficient (Wildman–Crippen LogP) is 6.04. The third-order valence-corrected chi connectivity index (χ3v) is 12.5. The third kappa shape index (κ3) is 7.33. The summed E-state index contributed by atoms with van der Waals surface area (Å²) in [6.07, 6.45) is 5.84. The number of esters is 1. The van der Waals surface area contributed by atoms with Crippen LogP contribution in [-0.4, -0.2) is 76.6 Å². The fraction of sp³-hybridized carbons (Fsp3) is 0.611. The molecule has 3 aliphatic rings. The van der Waals surface area contributed by atoms with E-state index in [2.05, 4.69) is 11.6 Å². The zero-order chi connectivity index (χ0) is 34.9. The first-order valence-corrected chi connectivity index (χ1v) is 18.5. The number of Topliss-reactive ketones (excluding diaryl/α,β-unsaturated/α-hetero) is 1. The molecule has 1 saturated carbocycles. The number of carbonyl (C=O) groups excluding carboxylic acids is 3. The molecule has 2 aliphatic heterocycles. The minimum absolute atomic E-state index is 0.0204. The van der Waals surface area contributed by atoms with Gasteiger partial charge in [0, 0.05) is 24.4 Å². The molecule has 1 aromatic carbocycles. The molecule has 262 valence electrons. The fourth-order valence-electron chi connectivity index (χ4n) is 7.23. The number of ketones is 1. The van der Waals surface area contributed by atoms with Gasteiger partial charge in [0.1, 0.15) is 11.9 Å². The molecule has 1 aliphatic carbocycles. The highest BCUT2D eigenvalue weighted by molar-refractivity contribution is 7.55. The van der Waals surface area contributed by atoms with E-state index in [0.717, 1.165) is 41.3 Å². The van der Waals surface area contributed by atoms with Gasteiger partial charge >= 0.3 is 13.6 Å². The third-order valence-electron chi connectivity index (χ3n) is 10.1. The van der Waals surface area contributed by atoms with E-state index in [4.69, 9.17) is 18.7 Å². The average Bonchev–Trinajstić information content (AvgIpc) is 3.60. The highest BCUT2D eigenvalue weighted by atomic mass is 31.2. The second kappa shape index (κ2) is 14.3. The average molecular weight is 685 g/mol. The van der Waals surface area contributed by atoms with Crippen LogP contribution in [0, 0.1) is 17.3 Å². The Bertz CT molecular complexity index is 1600. The Morgan fingerprint density at radius 2 is 2.02 bits per heavy atom. The van der Waals surface area contributed by atoms with Crippen LogP contribution in [0.4, 0.5) is 0 Å². The molecular weight excluding hydrogens is 635 g/mol. The van der Waals surface area contributed by atoms with E-state index in [1.807, 2.05) is 39.0 Å². The number of benzene rings is 1. The lowest BCUT2D eigenvalue weighted by atomic mass is 9.77. The summed E-state index contributed by atoms with van der Waals surface area (Å²) in [5.74, 6) is -1.17. The summed E-state index contributed by atoms with van der Waals surface area (Å²) in [5.41, 5.74) is 0.372.